The van der Waals surface area contributed by atoms with Gasteiger partial charge in [0.05, 0.1) is 19.3 Å². The fourth-order valence-corrected chi connectivity index (χ4v) is 4.79. The molecule has 0 amide bonds. The number of benzene rings is 2. The molecule has 0 spiro atoms. The average molecular weight is 622 g/mol. The predicted octanol–water partition coefficient (Wildman–Crippen LogP) is 5.00. The number of hydrogen-bond donors (Lipinski definition) is 3. The molecule has 0 saturated carbocycles. The highest BCUT2D eigenvalue weighted by Gasteiger charge is 2.24. The topological polar surface area (TPSA) is 100 Å². The summed E-state index contributed by atoms with van der Waals surface area (Å²) in [4.78, 5) is 13.4. The molecule has 3 aromatic rings. The molecule has 2 aromatic carbocycles. The Balaban J connectivity index is 2.11. The lowest BCUT2D eigenvalue weighted by molar-refractivity contribution is 0.103. The number of ketones is 1. The Labute approximate surface area is 195 Å². The fraction of sp³-hybridized carbons (Fsp3) is 0.286. The molecule has 1 heterocycles. The van der Waals surface area contributed by atoms with Crippen molar-refractivity contribution >= 4 is 61.9 Å². The van der Waals surface area contributed by atoms with Crippen LogP contribution in [0, 0.1) is 7.14 Å². The summed E-state index contributed by atoms with van der Waals surface area (Å²) < 4.78 is 12.6. The van der Waals surface area contributed by atoms with Crippen LogP contribution in [-0.2, 0) is 6.42 Å². The van der Waals surface area contributed by atoms with E-state index in [0.29, 0.717) is 47.8 Å². The smallest absolute Gasteiger partial charge is 0.197 e. The maximum atomic E-state index is 13.4. The van der Waals surface area contributed by atoms with Gasteiger partial charge in [0, 0.05) is 36.5 Å². The number of halogens is 2. The third kappa shape index (κ3) is 4.64. The Morgan fingerprint density at radius 1 is 1.14 bits per heavy atom. The van der Waals surface area contributed by atoms with E-state index in [0.717, 1.165) is 6.42 Å². The van der Waals surface area contributed by atoms with E-state index in [1.165, 1.54) is 6.07 Å². The van der Waals surface area contributed by atoms with Crippen molar-refractivity contribution < 1.29 is 29.3 Å². The molecule has 6 nitrogen and oxygen atoms in total. The van der Waals surface area contributed by atoms with E-state index in [1.807, 2.05) is 52.1 Å². The Bertz CT molecular complexity index is 1030. The Hall–Kier alpha value is -1.53. The van der Waals surface area contributed by atoms with Crippen LogP contribution in [0.1, 0.15) is 41.4 Å². The molecule has 29 heavy (non-hydrogen) atoms. The second-order valence-electron chi connectivity index (χ2n) is 6.51. The molecular formula is C21H20I2O6. The number of phenols is 2. The summed E-state index contributed by atoms with van der Waals surface area (Å²) in [5.41, 5.74) is 1.31. The van der Waals surface area contributed by atoms with Gasteiger partial charge in [0.2, 0.25) is 0 Å². The van der Waals surface area contributed by atoms with Gasteiger partial charge in [-0.1, -0.05) is 6.92 Å². The lowest BCUT2D eigenvalue weighted by Gasteiger charge is -2.08. The predicted molar refractivity (Wildman–Crippen MR) is 126 cm³/mol. The average Bonchev–Trinajstić information content (AvgIpc) is 3.02. The summed E-state index contributed by atoms with van der Waals surface area (Å²) in [6.07, 6.45) is 1.80. The highest BCUT2D eigenvalue weighted by molar-refractivity contribution is 14.1. The second-order valence-corrected chi connectivity index (χ2v) is 8.83. The number of carbonyl (C=O) groups excluding carboxylic acids is 1. The number of hydrogen-bond acceptors (Lipinski definition) is 6. The van der Waals surface area contributed by atoms with Gasteiger partial charge in [-0.05, 0) is 69.8 Å². The standard InChI is InChI=1S/C21H20I2O6/c1-2-4-16-19(20(26)11-7-13(22)21(27)14(23)8-11)12-9-15(25)18(10-17(12)29-16)28-6-3-5-24/h7-10,24-25,27H,2-6H2,1H3. The quantitative estimate of drug-likeness (QED) is 0.186. The largest absolute Gasteiger partial charge is 0.506 e. The first-order valence-corrected chi connectivity index (χ1v) is 11.3. The van der Waals surface area contributed by atoms with Crippen molar-refractivity contribution in [1.29, 1.82) is 0 Å². The van der Waals surface area contributed by atoms with Crippen LogP contribution in [0.25, 0.3) is 11.0 Å². The highest BCUT2D eigenvalue weighted by atomic mass is 127. The van der Waals surface area contributed by atoms with Gasteiger partial charge in [-0.3, -0.25) is 4.79 Å². The van der Waals surface area contributed by atoms with Gasteiger partial charge in [-0.2, -0.15) is 0 Å². The number of aromatic hydroxyl groups is 2. The van der Waals surface area contributed by atoms with Gasteiger partial charge in [0.15, 0.2) is 17.3 Å². The van der Waals surface area contributed by atoms with Crippen molar-refractivity contribution in [2.45, 2.75) is 26.2 Å². The number of rotatable bonds is 8. The van der Waals surface area contributed by atoms with Gasteiger partial charge < -0.3 is 24.5 Å². The maximum absolute atomic E-state index is 13.4. The SMILES string of the molecule is CCCc1oc2cc(OCCCO)c(O)cc2c1C(=O)c1cc(I)c(O)c(I)c1. The summed E-state index contributed by atoms with van der Waals surface area (Å²) in [6.45, 7) is 2.25. The minimum Gasteiger partial charge on any atom is -0.506 e. The first-order valence-electron chi connectivity index (χ1n) is 9.12. The molecule has 3 rings (SSSR count). The van der Waals surface area contributed by atoms with Crippen LogP contribution >= 0.6 is 45.2 Å². The van der Waals surface area contributed by atoms with Crippen molar-refractivity contribution in [2.24, 2.45) is 0 Å². The zero-order valence-electron chi connectivity index (χ0n) is 15.7. The minimum absolute atomic E-state index is 0.00666. The number of carbonyl (C=O) groups is 1. The fourth-order valence-electron chi connectivity index (χ4n) is 3.02. The van der Waals surface area contributed by atoms with Gasteiger partial charge in [-0.15, -0.1) is 0 Å². The molecule has 0 saturated heterocycles. The molecule has 3 N–H and O–H groups in total. The molecule has 154 valence electrons. The van der Waals surface area contributed by atoms with Crippen LogP contribution in [0.5, 0.6) is 17.2 Å². The van der Waals surface area contributed by atoms with Crippen LogP contribution in [-0.4, -0.2) is 34.3 Å². The Kier molecular flexibility index (Phi) is 7.28. The van der Waals surface area contributed by atoms with Crippen LogP contribution in [0.4, 0.5) is 0 Å². The summed E-state index contributed by atoms with van der Waals surface area (Å²) in [5.74, 6) is 0.628. The van der Waals surface area contributed by atoms with Gasteiger partial charge >= 0.3 is 0 Å². The van der Waals surface area contributed by atoms with E-state index < -0.39 is 0 Å². The van der Waals surface area contributed by atoms with Crippen molar-refractivity contribution in [2.75, 3.05) is 13.2 Å². The van der Waals surface area contributed by atoms with Gasteiger partial charge in [0.1, 0.15) is 17.1 Å². The van der Waals surface area contributed by atoms with E-state index >= 15 is 0 Å². The molecule has 8 heteroatoms. The Morgan fingerprint density at radius 2 is 1.83 bits per heavy atom. The number of fused-ring (bicyclic) bond motifs is 1. The summed E-state index contributed by atoms with van der Waals surface area (Å²) in [6, 6.07) is 6.33. The molecule has 0 aliphatic carbocycles. The first kappa shape index (κ1) is 22.2. The molecular weight excluding hydrogens is 602 g/mol. The minimum atomic E-state index is -0.226. The number of aryl methyl sites for hydroxylation is 1. The summed E-state index contributed by atoms with van der Waals surface area (Å²) in [7, 11) is 0. The molecule has 0 bridgehead atoms. The van der Waals surface area contributed by atoms with E-state index in [2.05, 4.69) is 0 Å². The molecule has 0 radical (unpaired) electrons. The normalized spacial score (nSPS) is 11.2. The Morgan fingerprint density at radius 3 is 2.45 bits per heavy atom. The van der Waals surface area contributed by atoms with Crippen LogP contribution < -0.4 is 4.74 Å². The monoisotopic (exact) mass is 622 g/mol. The van der Waals surface area contributed by atoms with Crippen molar-refractivity contribution in [3.05, 3.63) is 48.3 Å². The van der Waals surface area contributed by atoms with E-state index in [4.69, 9.17) is 14.3 Å². The highest BCUT2D eigenvalue weighted by Crippen LogP contribution is 2.38. The van der Waals surface area contributed by atoms with Crippen molar-refractivity contribution in [3.63, 3.8) is 0 Å². The number of aliphatic hydroxyl groups excluding tert-OH is 1. The van der Waals surface area contributed by atoms with E-state index in [-0.39, 0.29) is 36.2 Å². The third-order valence-electron chi connectivity index (χ3n) is 4.39. The van der Waals surface area contributed by atoms with Crippen LogP contribution in [0.2, 0.25) is 0 Å². The van der Waals surface area contributed by atoms with Crippen LogP contribution in [0.15, 0.2) is 28.7 Å². The molecule has 0 unspecified atom stereocenters. The number of furan rings is 1. The zero-order chi connectivity index (χ0) is 21.1. The van der Waals surface area contributed by atoms with Gasteiger partial charge in [0.25, 0.3) is 0 Å². The van der Waals surface area contributed by atoms with Crippen LogP contribution in [0.3, 0.4) is 0 Å². The number of ether oxygens (including phenoxy) is 1. The maximum Gasteiger partial charge on any atom is 0.197 e. The third-order valence-corrected chi connectivity index (χ3v) is 6.03. The molecule has 1 aromatic heterocycles. The zero-order valence-corrected chi connectivity index (χ0v) is 20.0. The number of phenolic OH excluding ortho intramolecular Hbond substituents is 2. The van der Waals surface area contributed by atoms with E-state index in [9.17, 15) is 15.0 Å². The lowest BCUT2D eigenvalue weighted by Crippen LogP contribution is -2.05. The van der Waals surface area contributed by atoms with Crippen molar-refractivity contribution in [1.82, 2.24) is 0 Å². The number of aliphatic hydroxyl groups is 1. The first-order chi connectivity index (χ1) is 13.9. The van der Waals surface area contributed by atoms with E-state index in [1.54, 1.807) is 18.2 Å². The van der Waals surface area contributed by atoms with Gasteiger partial charge in [-0.25, -0.2) is 0 Å². The summed E-state index contributed by atoms with van der Waals surface area (Å²) in [5, 5.41) is 29.8. The molecule has 0 aliphatic rings. The van der Waals surface area contributed by atoms with Crippen molar-refractivity contribution in [3.8, 4) is 17.2 Å². The summed E-state index contributed by atoms with van der Waals surface area (Å²) >= 11 is 3.98. The second kappa shape index (κ2) is 9.52. The molecule has 0 aliphatic heterocycles. The molecule has 0 fully saturated rings. The lowest BCUT2D eigenvalue weighted by atomic mass is 9.98. The molecule has 0 atom stereocenters.